The van der Waals surface area contributed by atoms with Crippen molar-refractivity contribution in [3.63, 3.8) is 0 Å². The largest absolute Gasteiger partial charge is 0.504 e. The van der Waals surface area contributed by atoms with Gasteiger partial charge in [-0.15, -0.1) is 10.2 Å². The zero-order valence-electron chi connectivity index (χ0n) is 20.1. The van der Waals surface area contributed by atoms with Gasteiger partial charge in [0.1, 0.15) is 0 Å². The molecule has 0 atom stereocenters. The number of carbonyl (C=O) groups excluding carboxylic acids is 1. The minimum atomic E-state index is -0.231. The van der Waals surface area contributed by atoms with Gasteiger partial charge in [-0.3, -0.25) is 9.36 Å². The lowest BCUT2D eigenvalue weighted by Gasteiger charge is -2.25. The molecule has 2 aromatic carbocycles. The molecule has 0 spiro atoms. The van der Waals surface area contributed by atoms with Crippen LogP contribution in [-0.2, 0) is 4.79 Å². The summed E-state index contributed by atoms with van der Waals surface area (Å²) in [7, 11) is 0. The predicted molar refractivity (Wildman–Crippen MR) is 138 cm³/mol. The summed E-state index contributed by atoms with van der Waals surface area (Å²) in [6, 6.07) is 13.6. The van der Waals surface area contributed by atoms with Crippen LogP contribution >= 0.6 is 11.8 Å². The van der Waals surface area contributed by atoms with Crippen molar-refractivity contribution in [1.82, 2.24) is 20.2 Å². The number of aryl methyl sites for hydroxylation is 1. The molecule has 1 heterocycles. The first-order valence-corrected chi connectivity index (χ1v) is 13.0. The number of aromatic nitrogens is 3. The Kier molecular flexibility index (Phi) is 8.41. The molecule has 1 fully saturated rings. The maximum absolute atomic E-state index is 12.5. The number of hydrazone groups is 1. The number of carbonyl (C=O) groups is 1. The Balaban J connectivity index is 1.42. The van der Waals surface area contributed by atoms with Gasteiger partial charge in [-0.05, 0) is 50.5 Å². The van der Waals surface area contributed by atoms with E-state index in [0.717, 1.165) is 29.4 Å². The van der Waals surface area contributed by atoms with Crippen molar-refractivity contribution in [3.05, 3.63) is 53.6 Å². The monoisotopic (exact) mass is 493 g/mol. The fourth-order valence-corrected chi connectivity index (χ4v) is 4.96. The molecule has 2 N–H and O–H groups in total. The SMILES string of the molecule is CCOc1cc(/C=N\NC(=O)CSc2nnc(-c3ccc(C)cc3)n2C2CCCCC2)ccc1O. The van der Waals surface area contributed by atoms with Crippen LogP contribution in [0.2, 0.25) is 0 Å². The average molecular weight is 494 g/mol. The van der Waals surface area contributed by atoms with Crippen LogP contribution in [0.1, 0.15) is 56.2 Å². The van der Waals surface area contributed by atoms with Gasteiger partial charge < -0.3 is 9.84 Å². The maximum atomic E-state index is 12.5. The molecule has 0 radical (unpaired) electrons. The van der Waals surface area contributed by atoms with Crippen molar-refractivity contribution in [2.75, 3.05) is 12.4 Å². The van der Waals surface area contributed by atoms with Crippen LogP contribution in [0.4, 0.5) is 0 Å². The van der Waals surface area contributed by atoms with Gasteiger partial charge in [0.2, 0.25) is 0 Å². The van der Waals surface area contributed by atoms with Gasteiger partial charge in [0.25, 0.3) is 5.91 Å². The number of thioether (sulfide) groups is 1. The summed E-state index contributed by atoms with van der Waals surface area (Å²) >= 11 is 1.38. The molecular formula is C26H31N5O3S. The number of nitrogens with zero attached hydrogens (tertiary/aromatic N) is 4. The molecule has 184 valence electrons. The van der Waals surface area contributed by atoms with Crippen molar-refractivity contribution >= 4 is 23.9 Å². The molecule has 35 heavy (non-hydrogen) atoms. The maximum Gasteiger partial charge on any atom is 0.250 e. The molecule has 1 aliphatic carbocycles. The van der Waals surface area contributed by atoms with Crippen LogP contribution in [0.25, 0.3) is 11.4 Å². The lowest BCUT2D eigenvalue weighted by molar-refractivity contribution is -0.118. The van der Waals surface area contributed by atoms with E-state index in [4.69, 9.17) is 4.74 Å². The second-order valence-corrected chi connectivity index (χ2v) is 9.52. The average Bonchev–Trinajstić information content (AvgIpc) is 3.30. The summed E-state index contributed by atoms with van der Waals surface area (Å²) in [6.45, 7) is 4.35. The van der Waals surface area contributed by atoms with Crippen molar-refractivity contribution in [2.24, 2.45) is 5.10 Å². The van der Waals surface area contributed by atoms with E-state index in [1.165, 1.54) is 48.9 Å². The summed E-state index contributed by atoms with van der Waals surface area (Å²) < 4.78 is 7.59. The summed E-state index contributed by atoms with van der Waals surface area (Å²) in [5, 5.41) is 23.5. The molecule has 0 aliphatic heterocycles. The predicted octanol–water partition coefficient (Wildman–Crippen LogP) is 5.11. The van der Waals surface area contributed by atoms with Crippen molar-refractivity contribution in [1.29, 1.82) is 0 Å². The van der Waals surface area contributed by atoms with Crippen LogP contribution in [0.5, 0.6) is 11.5 Å². The normalized spacial score (nSPS) is 14.3. The highest BCUT2D eigenvalue weighted by Crippen LogP contribution is 2.35. The summed E-state index contributed by atoms with van der Waals surface area (Å²) in [5.74, 6) is 1.25. The zero-order valence-corrected chi connectivity index (χ0v) is 20.9. The van der Waals surface area contributed by atoms with E-state index in [0.29, 0.717) is 24.0 Å². The second kappa shape index (κ2) is 11.9. The molecule has 1 amide bonds. The highest BCUT2D eigenvalue weighted by molar-refractivity contribution is 7.99. The van der Waals surface area contributed by atoms with E-state index >= 15 is 0 Å². The zero-order chi connectivity index (χ0) is 24.6. The van der Waals surface area contributed by atoms with E-state index in [2.05, 4.69) is 56.5 Å². The first-order chi connectivity index (χ1) is 17.0. The number of phenolic OH excluding ortho intramolecular Hbond substituents is 1. The molecule has 9 heteroatoms. The number of nitrogens with one attached hydrogen (secondary N) is 1. The molecule has 4 rings (SSSR count). The Morgan fingerprint density at radius 1 is 1.20 bits per heavy atom. The highest BCUT2D eigenvalue weighted by Gasteiger charge is 2.24. The third-order valence-corrected chi connectivity index (χ3v) is 6.88. The third-order valence-electron chi connectivity index (χ3n) is 5.93. The van der Waals surface area contributed by atoms with Crippen LogP contribution in [-0.4, -0.2) is 44.4 Å². The number of hydrogen-bond acceptors (Lipinski definition) is 7. The Hall–Kier alpha value is -3.33. The van der Waals surface area contributed by atoms with Crippen molar-refractivity contribution < 1.29 is 14.6 Å². The number of rotatable bonds is 9. The van der Waals surface area contributed by atoms with E-state index in [-0.39, 0.29) is 17.4 Å². The molecular weight excluding hydrogens is 462 g/mol. The quantitative estimate of drug-likeness (QED) is 0.244. The Bertz CT molecular complexity index is 1170. The fourth-order valence-electron chi connectivity index (χ4n) is 4.17. The van der Waals surface area contributed by atoms with Crippen molar-refractivity contribution in [2.45, 2.75) is 57.1 Å². The number of benzene rings is 2. The van der Waals surface area contributed by atoms with E-state index in [1.807, 2.05) is 6.92 Å². The number of aromatic hydroxyl groups is 1. The lowest BCUT2D eigenvalue weighted by Crippen LogP contribution is -2.20. The highest BCUT2D eigenvalue weighted by atomic mass is 32.2. The Morgan fingerprint density at radius 2 is 1.97 bits per heavy atom. The van der Waals surface area contributed by atoms with Crippen LogP contribution < -0.4 is 10.2 Å². The van der Waals surface area contributed by atoms with Crippen LogP contribution in [0.3, 0.4) is 0 Å². The van der Waals surface area contributed by atoms with Gasteiger partial charge in [0, 0.05) is 11.6 Å². The van der Waals surface area contributed by atoms with Gasteiger partial charge in [-0.2, -0.15) is 5.10 Å². The molecule has 0 saturated heterocycles. The van der Waals surface area contributed by atoms with Crippen LogP contribution in [0, 0.1) is 6.92 Å². The van der Waals surface area contributed by atoms with E-state index in [1.54, 1.807) is 12.1 Å². The first kappa shape index (κ1) is 24.8. The molecule has 0 unspecified atom stereocenters. The fraction of sp³-hybridized carbons (Fsp3) is 0.385. The molecule has 1 aromatic heterocycles. The van der Waals surface area contributed by atoms with Gasteiger partial charge >= 0.3 is 0 Å². The number of hydrogen-bond donors (Lipinski definition) is 2. The molecule has 8 nitrogen and oxygen atoms in total. The van der Waals surface area contributed by atoms with E-state index < -0.39 is 0 Å². The molecule has 1 saturated carbocycles. The third kappa shape index (κ3) is 6.42. The minimum Gasteiger partial charge on any atom is -0.504 e. The summed E-state index contributed by atoms with van der Waals surface area (Å²) in [4.78, 5) is 12.5. The second-order valence-electron chi connectivity index (χ2n) is 8.58. The molecule has 1 aliphatic rings. The standard InChI is InChI=1S/C26H31N5O3S/c1-3-34-23-15-19(11-14-22(23)32)16-27-28-24(33)17-35-26-30-29-25(20-12-9-18(2)10-13-20)31(26)21-7-5-4-6-8-21/h9-16,21,32H,3-8,17H2,1-2H3,(H,28,33)/b27-16-. The van der Waals surface area contributed by atoms with Crippen molar-refractivity contribution in [3.8, 4) is 22.9 Å². The molecule has 0 bridgehead atoms. The summed E-state index contributed by atoms with van der Waals surface area (Å²) in [5.41, 5.74) is 5.50. The van der Waals surface area contributed by atoms with Gasteiger partial charge in [-0.1, -0.05) is 60.9 Å². The smallest absolute Gasteiger partial charge is 0.250 e. The minimum absolute atomic E-state index is 0.0662. The Labute approximate surface area is 209 Å². The number of phenols is 1. The number of ether oxygens (including phenoxy) is 1. The van der Waals surface area contributed by atoms with Crippen LogP contribution in [0.15, 0.2) is 52.7 Å². The van der Waals surface area contributed by atoms with Gasteiger partial charge in [-0.25, -0.2) is 5.43 Å². The van der Waals surface area contributed by atoms with Gasteiger partial charge in [0.15, 0.2) is 22.5 Å². The first-order valence-electron chi connectivity index (χ1n) is 12.0. The summed E-state index contributed by atoms with van der Waals surface area (Å²) in [6.07, 6.45) is 7.35. The topological polar surface area (TPSA) is 102 Å². The Morgan fingerprint density at radius 3 is 2.71 bits per heavy atom. The van der Waals surface area contributed by atoms with Gasteiger partial charge in [0.05, 0.1) is 18.6 Å². The lowest BCUT2D eigenvalue weighted by atomic mass is 9.95. The molecule has 3 aromatic rings. The van der Waals surface area contributed by atoms with E-state index in [9.17, 15) is 9.90 Å². The number of amides is 1.